The van der Waals surface area contributed by atoms with Gasteiger partial charge in [0.1, 0.15) is 5.75 Å². The largest absolute Gasteiger partial charge is 0.497 e. The zero-order valence-electron chi connectivity index (χ0n) is 17.7. The Morgan fingerprint density at radius 1 is 1.03 bits per heavy atom. The van der Waals surface area contributed by atoms with Gasteiger partial charge >= 0.3 is 0 Å². The van der Waals surface area contributed by atoms with Crippen LogP contribution in [0.2, 0.25) is 0 Å². The fourth-order valence-corrected chi connectivity index (χ4v) is 3.86. The molecule has 3 N–H and O–H groups in total. The number of nitrogens with one attached hydrogen (secondary N) is 1. The summed E-state index contributed by atoms with van der Waals surface area (Å²) >= 11 is 0. The standard InChI is InChI=1S/C25H21N5O2/c1-30-23-11-16(6-7-17(23)13-28-30)15-8-9-22-20(10-15)24(21(14-27-22)25(26)31)29-18-4-3-5-19(12-18)32-2/h3-14H,1-2H3,(H2,26,31)(H,27,29). The number of methoxy groups -OCH3 is 1. The van der Waals surface area contributed by atoms with Crippen LogP contribution in [0.3, 0.4) is 0 Å². The number of carbonyl (C=O) groups excluding carboxylic acids is 1. The summed E-state index contributed by atoms with van der Waals surface area (Å²) in [4.78, 5) is 16.6. The topological polar surface area (TPSA) is 95.1 Å². The Morgan fingerprint density at radius 2 is 1.84 bits per heavy atom. The van der Waals surface area contributed by atoms with E-state index in [2.05, 4.69) is 33.6 Å². The van der Waals surface area contributed by atoms with Crippen LogP contribution in [0.5, 0.6) is 5.75 Å². The molecule has 158 valence electrons. The Bertz CT molecular complexity index is 1490. The van der Waals surface area contributed by atoms with Crippen molar-refractivity contribution in [2.75, 3.05) is 12.4 Å². The number of carbonyl (C=O) groups is 1. The Kier molecular flexibility index (Phi) is 4.71. The molecule has 7 heteroatoms. The number of hydrogen-bond donors (Lipinski definition) is 2. The van der Waals surface area contributed by atoms with Gasteiger partial charge in [-0.05, 0) is 41.5 Å². The van der Waals surface area contributed by atoms with E-state index in [9.17, 15) is 4.79 Å². The third kappa shape index (κ3) is 3.39. The lowest BCUT2D eigenvalue weighted by Gasteiger charge is -2.15. The maximum atomic E-state index is 12.2. The van der Waals surface area contributed by atoms with Crippen molar-refractivity contribution in [3.8, 4) is 16.9 Å². The van der Waals surface area contributed by atoms with Crippen LogP contribution in [0.4, 0.5) is 11.4 Å². The highest BCUT2D eigenvalue weighted by Crippen LogP contribution is 2.34. The van der Waals surface area contributed by atoms with Crippen molar-refractivity contribution < 1.29 is 9.53 Å². The molecule has 0 aliphatic rings. The van der Waals surface area contributed by atoms with Gasteiger partial charge in [-0.3, -0.25) is 14.5 Å². The predicted octanol–water partition coefficient (Wildman–Crippen LogP) is 4.64. The molecule has 0 bridgehead atoms. The van der Waals surface area contributed by atoms with E-state index in [-0.39, 0.29) is 0 Å². The first-order chi connectivity index (χ1) is 15.5. The normalized spacial score (nSPS) is 11.1. The van der Waals surface area contributed by atoms with E-state index < -0.39 is 5.91 Å². The van der Waals surface area contributed by atoms with Crippen LogP contribution in [0, 0.1) is 0 Å². The summed E-state index contributed by atoms with van der Waals surface area (Å²) in [6.07, 6.45) is 3.35. The highest BCUT2D eigenvalue weighted by Gasteiger charge is 2.15. The fraction of sp³-hybridized carbons (Fsp3) is 0.0800. The summed E-state index contributed by atoms with van der Waals surface area (Å²) in [5, 5.41) is 9.55. The summed E-state index contributed by atoms with van der Waals surface area (Å²) in [6, 6.07) is 19.7. The smallest absolute Gasteiger partial charge is 0.252 e. The molecule has 5 aromatic rings. The molecular formula is C25H21N5O2. The Hall–Kier alpha value is -4.39. The predicted molar refractivity (Wildman–Crippen MR) is 126 cm³/mol. The summed E-state index contributed by atoms with van der Waals surface area (Å²) in [5.41, 5.74) is 11.2. The number of pyridine rings is 1. The van der Waals surface area contributed by atoms with Crippen LogP contribution in [-0.2, 0) is 7.05 Å². The number of aromatic nitrogens is 3. The van der Waals surface area contributed by atoms with Crippen molar-refractivity contribution >= 4 is 39.1 Å². The van der Waals surface area contributed by atoms with Crippen molar-refractivity contribution in [1.29, 1.82) is 0 Å². The summed E-state index contributed by atoms with van der Waals surface area (Å²) in [6.45, 7) is 0. The highest BCUT2D eigenvalue weighted by atomic mass is 16.5. The Labute approximate surface area is 184 Å². The van der Waals surface area contributed by atoms with Gasteiger partial charge in [-0.2, -0.15) is 5.10 Å². The molecule has 0 saturated carbocycles. The second-order valence-corrected chi connectivity index (χ2v) is 7.54. The fourth-order valence-electron chi connectivity index (χ4n) is 3.86. The molecule has 2 heterocycles. The quantitative estimate of drug-likeness (QED) is 0.429. The molecule has 0 atom stereocenters. The first-order valence-corrected chi connectivity index (χ1v) is 10.1. The number of aryl methyl sites for hydroxylation is 1. The lowest BCUT2D eigenvalue weighted by atomic mass is 10.00. The summed E-state index contributed by atoms with van der Waals surface area (Å²) < 4.78 is 7.17. The first-order valence-electron chi connectivity index (χ1n) is 10.1. The molecule has 0 spiro atoms. The minimum absolute atomic E-state index is 0.319. The van der Waals surface area contributed by atoms with E-state index in [0.717, 1.165) is 38.6 Å². The Balaban J connectivity index is 1.68. The molecule has 0 unspecified atom stereocenters. The van der Waals surface area contributed by atoms with E-state index >= 15 is 0 Å². The number of nitrogens with zero attached hydrogens (tertiary/aromatic N) is 3. The van der Waals surface area contributed by atoms with Crippen molar-refractivity contribution in [3.05, 3.63) is 78.6 Å². The lowest BCUT2D eigenvalue weighted by Crippen LogP contribution is -2.14. The van der Waals surface area contributed by atoms with E-state index in [0.29, 0.717) is 17.0 Å². The molecule has 0 radical (unpaired) electrons. The molecule has 3 aromatic carbocycles. The molecule has 5 rings (SSSR count). The number of anilines is 2. The second kappa shape index (κ2) is 7.70. The van der Waals surface area contributed by atoms with Crippen molar-refractivity contribution in [2.45, 2.75) is 0 Å². The van der Waals surface area contributed by atoms with Gasteiger partial charge in [-0.25, -0.2) is 0 Å². The van der Waals surface area contributed by atoms with Crippen LogP contribution in [0.25, 0.3) is 32.9 Å². The average Bonchev–Trinajstić information content (AvgIpc) is 3.19. The van der Waals surface area contributed by atoms with Crippen molar-refractivity contribution in [2.24, 2.45) is 12.8 Å². The number of nitrogens with two attached hydrogens (primary N) is 1. The zero-order chi connectivity index (χ0) is 22.2. The molecule has 0 aliphatic carbocycles. The molecule has 0 fully saturated rings. The monoisotopic (exact) mass is 423 g/mol. The van der Waals surface area contributed by atoms with Crippen LogP contribution < -0.4 is 15.8 Å². The van der Waals surface area contributed by atoms with Crippen LogP contribution in [0.1, 0.15) is 10.4 Å². The number of fused-ring (bicyclic) bond motifs is 2. The van der Waals surface area contributed by atoms with Crippen LogP contribution >= 0.6 is 0 Å². The second-order valence-electron chi connectivity index (χ2n) is 7.54. The van der Waals surface area contributed by atoms with Gasteiger partial charge in [0.05, 0.1) is 35.6 Å². The molecule has 7 nitrogen and oxygen atoms in total. The number of rotatable bonds is 5. The zero-order valence-corrected chi connectivity index (χ0v) is 17.7. The van der Waals surface area contributed by atoms with Crippen molar-refractivity contribution in [1.82, 2.24) is 14.8 Å². The third-order valence-corrected chi connectivity index (χ3v) is 5.55. The number of amides is 1. The van der Waals surface area contributed by atoms with E-state index in [1.165, 1.54) is 6.20 Å². The molecule has 0 aliphatic heterocycles. The molecule has 2 aromatic heterocycles. The highest BCUT2D eigenvalue weighted by molar-refractivity contribution is 6.08. The third-order valence-electron chi connectivity index (χ3n) is 5.55. The summed E-state index contributed by atoms with van der Waals surface area (Å²) in [7, 11) is 3.53. The van der Waals surface area contributed by atoms with Gasteiger partial charge in [-0.1, -0.05) is 24.3 Å². The van der Waals surface area contributed by atoms with Crippen LogP contribution in [0.15, 0.2) is 73.1 Å². The number of hydrogen-bond acceptors (Lipinski definition) is 5. The number of benzene rings is 3. The Morgan fingerprint density at radius 3 is 2.66 bits per heavy atom. The van der Waals surface area contributed by atoms with Gasteiger partial charge in [-0.15, -0.1) is 0 Å². The van der Waals surface area contributed by atoms with Gasteiger partial charge in [0.2, 0.25) is 0 Å². The molecular weight excluding hydrogens is 402 g/mol. The van der Waals surface area contributed by atoms with Crippen LogP contribution in [-0.4, -0.2) is 27.8 Å². The van der Waals surface area contributed by atoms with Gasteiger partial charge < -0.3 is 15.8 Å². The van der Waals surface area contributed by atoms with Gasteiger partial charge in [0.25, 0.3) is 5.91 Å². The minimum Gasteiger partial charge on any atom is -0.497 e. The van der Waals surface area contributed by atoms with Crippen molar-refractivity contribution in [3.63, 3.8) is 0 Å². The number of ether oxygens (including phenoxy) is 1. The minimum atomic E-state index is -0.550. The van der Waals surface area contributed by atoms with Gasteiger partial charge in [0.15, 0.2) is 0 Å². The van der Waals surface area contributed by atoms with Gasteiger partial charge in [0, 0.05) is 35.8 Å². The number of primary amides is 1. The SMILES string of the molecule is COc1cccc(Nc2c(C(N)=O)cnc3ccc(-c4ccc5cnn(C)c5c4)cc23)c1. The molecule has 0 saturated heterocycles. The average molecular weight is 423 g/mol. The maximum absolute atomic E-state index is 12.2. The molecule has 1 amide bonds. The summed E-state index contributed by atoms with van der Waals surface area (Å²) in [5.74, 6) is 0.158. The lowest BCUT2D eigenvalue weighted by molar-refractivity contribution is 0.100. The van der Waals surface area contributed by atoms with E-state index in [1.54, 1.807) is 7.11 Å². The van der Waals surface area contributed by atoms with E-state index in [4.69, 9.17) is 10.5 Å². The van der Waals surface area contributed by atoms with E-state index in [1.807, 2.05) is 60.4 Å². The molecule has 32 heavy (non-hydrogen) atoms. The first kappa shape index (κ1) is 19.6. The maximum Gasteiger partial charge on any atom is 0.252 e.